The minimum absolute atomic E-state index is 0.144. The number of amides is 1. The van der Waals surface area contributed by atoms with Crippen LogP contribution in [0.5, 0.6) is 5.75 Å². The summed E-state index contributed by atoms with van der Waals surface area (Å²) in [5, 5.41) is 5.14. The highest BCUT2D eigenvalue weighted by molar-refractivity contribution is 7.09. The molecular formula is C30H39NO3S. The van der Waals surface area contributed by atoms with Gasteiger partial charge in [0.2, 0.25) is 5.91 Å². The van der Waals surface area contributed by atoms with Crippen molar-refractivity contribution in [3.05, 3.63) is 51.7 Å². The number of aryl methyl sites for hydroxylation is 1. The average Bonchev–Trinajstić information content (AvgIpc) is 3.47. The number of ketones is 1. The van der Waals surface area contributed by atoms with Crippen LogP contribution in [0.1, 0.15) is 80.2 Å². The van der Waals surface area contributed by atoms with Gasteiger partial charge in [0.25, 0.3) is 0 Å². The Hall–Kier alpha value is -2.14. The molecule has 0 spiro atoms. The van der Waals surface area contributed by atoms with Gasteiger partial charge in [-0.05, 0) is 103 Å². The summed E-state index contributed by atoms with van der Waals surface area (Å²) in [6.07, 6.45) is 9.69. The number of rotatable bonds is 9. The van der Waals surface area contributed by atoms with Crippen LogP contribution >= 0.6 is 11.3 Å². The molecule has 1 N–H and O–H groups in total. The quantitative estimate of drug-likeness (QED) is 0.416. The van der Waals surface area contributed by atoms with E-state index in [0.717, 1.165) is 57.1 Å². The molecule has 1 aromatic heterocycles. The predicted molar refractivity (Wildman–Crippen MR) is 141 cm³/mol. The van der Waals surface area contributed by atoms with Gasteiger partial charge in [-0.15, -0.1) is 11.3 Å². The monoisotopic (exact) mass is 493 g/mol. The number of carbonyl (C=O) groups excluding carboxylic acids is 2. The number of methoxy groups -OCH3 is 1. The van der Waals surface area contributed by atoms with Crippen LogP contribution in [0.15, 0.2) is 35.7 Å². The lowest BCUT2D eigenvalue weighted by Crippen LogP contribution is -2.44. The highest BCUT2D eigenvalue weighted by atomic mass is 32.1. The number of benzene rings is 1. The average molecular weight is 494 g/mol. The molecule has 4 nitrogen and oxygen atoms in total. The Kier molecular flexibility index (Phi) is 7.34. The van der Waals surface area contributed by atoms with E-state index in [1.54, 1.807) is 18.4 Å². The van der Waals surface area contributed by atoms with Crippen molar-refractivity contribution in [3.63, 3.8) is 0 Å². The van der Waals surface area contributed by atoms with Gasteiger partial charge in [0, 0.05) is 29.7 Å². The van der Waals surface area contributed by atoms with Crippen molar-refractivity contribution in [1.29, 1.82) is 0 Å². The number of Topliss-reactive ketones (excluding diaryl/α,β-unsaturated/α-hetero) is 1. The topological polar surface area (TPSA) is 55.4 Å². The lowest BCUT2D eigenvalue weighted by molar-refractivity contribution is -0.129. The fourth-order valence-electron chi connectivity index (χ4n) is 7.57. The molecular weight excluding hydrogens is 454 g/mol. The zero-order chi connectivity index (χ0) is 24.4. The third-order valence-corrected chi connectivity index (χ3v) is 10.2. The second-order valence-electron chi connectivity index (χ2n) is 11.2. The van der Waals surface area contributed by atoms with Gasteiger partial charge >= 0.3 is 0 Å². The second kappa shape index (κ2) is 10.5. The molecule has 2 fully saturated rings. The molecule has 5 atom stereocenters. The summed E-state index contributed by atoms with van der Waals surface area (Å²) in [6.45, 7) is 2.98. The molecule has 35 heavy (non-hydrogen) atoms. The number of hydrogen-bond donors (Lipinski definition) is 1. The number of carbonyl (C=O) groups is 2. The van der Waals surface area contributed by atoms with Crippen LogP contribution in [-0.2, 0) is 22.4 Å². The first kappa shape index (κ1) is 24.5. The van der Waals surface area contributed by atoms with Crippen molar-refractivity contribution in [2.75, 3.05) is 13.7 Å². The molecule has 0 saturated heterocycles. The van der Waals surface area contributed by atoms with E-state index in [1.165, 1.54) is 22.4 Å². The van der Waals surface area contributed by atoms with Crippen LogP contribution in [-0.4, -0.2) is 25.3 Å². The standard InChI is InChI=1S/C30H39NO3S/c1-30-15-13-25-24-12-10-22(34-2)18-20(24)9-11-26(25)29(30)21(19-27(30)32)6-3-4-8-28(33)31-16-14-23-7-5-17-35-23/h5,7,10,12,17-18,21,25-26,29H,3-4,6,8-9,11,13-16,19H2,1-2H3,(H,31,33)/t21-,25?,26?,29?,30-/m1/s1. The van der Waals surface area contributed by atoms with E-state index in [2.05, 4.69) is 48.0 Å². The van der Waals surface area contributed by atoms with Gasteiger partial charge < -0.3 is 10.1 Å². The molecule has 0 radical (unpaired) electrons. The summed E-state index contributed by atoms with van der Waals surface area (Å²) in [5.74, 6) is 3.75. The van der Waals surface area contributed by atoms with Crippen molar-refractivity contribution in [2.24, 2.45) is 23.2 Å². The molecule has 1 heterocycles. The van der Waals surface area contributed by atoms with E-state index in [-0.39, 0.29) is 11.3 Å². The lowest BCUT2D eigenvalue weighted by atomic mass is 9.54. The molecule has 1 amide bonds. The molecule has 3 unspecified atom stereocenters. The molecule has 5 rings (SSSR count). The van der Waals surface area contributed by atoms with Gasteiger partial charge in [-0.3, -0.25) is 9.59 Å². The normalized spacial score (nSPS) is 29.3. The summed E-state index contributed by atoms with van der Waals surface area (Å²) in [4.78, 5) is 26.8. The van der Waals surface area contributed by atoms with Crippen molar-refractivity contribution >= 4 is 23.0 Å². The number of nitrogens with one attached hydrogen (secondary N) is 1. The highest BCUT2D eigenvalue weighted by Crippen LogP contribution is 2.62. The Labute approximate surface area is 213 Å². The SMILES string of the molecule is COc1ccc2c(c1)CCC1C2CC[C@]2(C)C(=O)C[C@@H](CCCCC(=O)NCCc3cccs3)C12. The Morgan fingerprint density at radius 1 is 1.23 bits per heavy atom. The van der Waals surface area contributed by atoms with Gasteiger partial charge in [0.05, 0.1) is 7.11 Å². The zero-order valence-electron chi connectivity index (χ0n) is 21.2. The first-order valence-electron chi connectivity index (χ1n) is 13.5. The van der Waals surface area contributed by atoms with Gasteiger partial charge in [0.15, 0.2) is 0 Å². The molecule has 188 valence electrons. The van der Waals surface area contributed by atoms with E-state index in [4.69, 9.17) is 4.74 Å². The van der Waals surface area contributed by atoms with E-state index >= 15 is 0 Å². The molecule has 2 aromatic rings. The van der Waals surface area contributed by atoms with Crippen LogP contribution in [0.3, 0.4) is 0 Å². The fourth-order valence-corrected chi connectivity index (χ4v) is 8.28. The van der Waals surface area contributed by atoms with Crippen molar-refractivity contribution in [3.8, 4) is 5.75 Å². The van der Waals surface area contributed by atoms with Crippen LogP contribution in [0.2, 0.25) is 0 Å². The molecule has 3 aliphatic carbocycles. The van der Waals surface area contributed by atoms with Gasteiger partial charge in [-0.2, -0.15) is 0 Å². The van der Waals surface area contributed by atoms with Gasteiger partial charge in [-0.1, -0.05) is 25.5 Å². The lowest BCUT2D eigenvalue weighted by Gasteiger charge is -2.50. The maximum absolute atomic E-state index is 13.2. The molecule has 5 heteroatoms. The third kappa shape index (κ3) is 4.94. The van der Waals surface area contributed by atoms with Gasteiger partial charge in [-0.25, -0.2) is 0 Å². The van der Waals surface area contributed by atoms with Crippen LogP contribution in [0.4, 0.5) is 0 Å². The van der Waals surface area contributed by atoms with E-state index in [0.29, 0.717) is 42.4 Å². The van der Waals surface area contributed by atoms with Crippen LogP contribution < -0.4 is 10.1 Å². The summed E-state index contributed by atoms with van der Waals surface area (Å²) in [7, 11) is 1.74. The van der Waals surface area contributed by atoms with E-state index in [9.17, 15) is 9.59 Å². The molecule has 3 aliphatic rings. The molecule has 1 aromatic carbocycles. The van der Waals surface area contributed by atoms with Crippen molar-refractivity contribution < 1.29 is 14.3 Å². The zero-order valence-corrected chi connectivity index (χ0v) is 22.0. The maximum atomic E-state index is 13.2. The predicted octanol–water partition coefficient (Wildman–Crippen LogP) is 6.33. The Balaban J connectivity index is 1.16. The fraction of sp³-hybridized carbons (Fsp3) is 0.600. The molecule has 2 saturated carbocycles. The molecule has 0 bridgehead atoms. The van der Waals surface area contributed by atoms with Crippen LogP contribution in [0, 0.1) is 23.2 Å². The minimum Gasteiger partial charge on any atom is -0.497 e. The number of hydrogen-bond acceptors (Lipinski definition) is 4. The largest absolute Gasteiger partial charge is 0.497 e. The smallest absolute Gasteiger partial charge is 0.220 e. The van der Waals surface area contributed by atoms with Crippen molar-refractivity contribution in [2.45, 2.75) is 77.0 Å². The number of thiophene rings is 1. The number of unbranched alkanes of at least 4 members (excludes halogenated alkanes) is 1. The second-order valence-corrected chi connectivity index (χ2v) is 12.2. The van der Waals surface area contributed by atoms with Gasteiger partial charge in [0.1, 0.15) is 11.5 Å². The summed E-state index contributed by atoms with van der Waals surface area (Å²) < 4.78 is 5.47. The Morgan fingerprint density at radius 2 is 2.11 bits per heavy atom. The number of fused-ring (bicyclic) bond motifs is 5. The maximum Gasteiger partial charge on any atom is 0.220 e. The Morgan fingerprint density at radius 3 is 2.91 bits per heavy atom. The van der Waals surface area contributed by atoms with Crippen molar-refractivity contribution in [1.82, 2.24) is 5.32 Å². The van der Waals surface area contributed by atoms with E-state index < -0.39 is 0 Å². The molecule has 0 aliphatic heterocycles. The third-order valence-electron chi connectivity index (χ3n) is 9.28. The first-order valence-corrected chi connectivity index (χ1v) is 14.4. The summed E-state index contributed by atoms with van der Waals surface area (Å²) in [5.41, 5.74) is 2.80. The number of ether oxygens (including phenoxy) is 1. The highest BCUT2D eigenvalue weighted by Gasteiger charge is 2.58. The summed E-state index contributed by atoms with van der Waals surface area (Å²) >= 11 is 1.74. The summed E-state index contributed by atoms with van der Waals surface area (Å²) in [6, 6.07) is 10.8. The Bertz CT molecular complexity index is 1050. The minimum atomic E-state index is -0.144. The van der Waals surface area contributed by atoms with E-state index in [1.807, 2.05) is 0 Å². The first-order chi connectivity index (χ1) is 17.0. The van der Waals surface area contributed by atoms with Crippen LogP contribution in [0.25, 0.3) is 0 Å².